The smallest absolute Gasteiger partial charge is 0.234 e. The van der Waals surface area contributed by atoms with Crippen LogP contribution in [0.1, 0.15) is 12.0 Å². The number of benzene rings is 1. The fourth-order valence-electron chi connectivity index (χ4n) is 2.81. The number of imide groups is 1. The van der Waals surface area contributed by atoms with Crippen LogP contribution in [0.2, 0.25) is 0 Å². The number of carbonyl (C=O) groups excluding carboxylic acids is 2. The fraction of sp³-hybridized carbons (Fsp3) is 0.385. The molecule has 1 unspecified atom stereocenters. The molecular formula is C13H13NO4S. The molecule has 0 spiro atoms. The molecule has 6 heteroatoms. The Bertz CT molecular complexity index is 559. The summed E-state index contributed by atoms with van der Waals surface area (Å²) in [5.74, 6) is -1.50. The molecule has 1 heterocycles. The summed E-state index contributed by atoms with van der Waals surface area (Å²) in [7, 11) is 0. The molecule has 2 amide bonds. The second-order valence-corrected chi connectivity index (χ2v) is 6.09. The monoisotopic (exact) mass is 279 g/mol. The van der Waals surface area contributed by atoms with E-state index in [1.807, 2.05) is 30.3 Å². The van der Waals surface area contributed by atoms with E-state index in [1.165, 1.54) is 4.90 Å². The Labute approximate surface area is 112 Å². The van der Waals surface area contributed by atoms with Crippen LogP contribution in [0, 0.1) is 11.8 Å². The molecule has 1 saturated carbocycles. The van der Waals surface area contributed by atoms with Gasteiger partial charge in [0.2, 0.25) is 11.8 Å². The van der Waals surface area contributed by atoms with Gasteiger partial charge in [-0.25, -0.2) is 4.21 Å². The zero-order valence-electron chi connectivity index (χ0n) is 10.1. The molecule has 1 aromatic carbocycles. The molecule has 2 fully saturated rings. The van der Waals surface area contributed by atoms with Gasteiger partial charge in [-0.15, -0.1) is 0 Å². The highest BCUT2D eigenvalue weighted by molar-refractivity contribution is 7.80. The van der Waals surface area contributed by atoms with E-state index >= 15 is 0 Å². The molecule has 0 radical (unpaired) electrons. The predicted octanol–water partition coefficient (Wildman–Crippen LogP) is 0.782. The molecule has 100 valence electrons. The second kappa shape index (κ2) is 4.54. The van der Waals surface area contributed by atoms with Gasteiger partial charge in [0, 0.05) is 0 Å². The minimum atomic E-state index is -2.03. The Balaban J connectivity index is 1.79. The molecule has 2 aliphatic rings. The Morgan fingerprint density at radius 1 is 1.21 bits per heavy atom. The third-order valence-electron chi connectivity index (χ3n) is 3.90. The highest BCUT2D eigenvalue weighted by Crippen LogP contribution is 2.45. The van der Waals surface area contributed by atoms with E-state index in [9.17, 15) is 13.8 Å². The highest BCUT2D eigenvalue weighted by atomic mass is 32.2. The van der Waals surface area contributed by atoms with E-state index in [0.717, 1.165) is 5.56 Å². The first-order chi connectivity index (χ1) is 9.09. The first kappa shape index (κ1) is 12.5. The third kappa shape index (κ3) is 1.91. The molecule has 5 nitrogen and oxygen atoms in total. The van der Waals surface area contributed by atoms with Crippen LogP contribution in [0.4, 0.5) is 0 Å². The maximum atomic E-state index is 12.2. The maximum absolute atomic E-state index is 12.2. The number of hydrogen-bond donors (Lipinski definition) is 1. The van der Waals surface area contributed by atoms with Crippen molar-refractivity contribution in [2.24, 2.45) is 11.8 Å². The van der Waals surface area contributed by atoms with Crippen molar-refractivity contribution in [1.29, 1.82) is 0 Å². The number of likely N-dealkylation sites (tertiary alicyclic amines) is 1. The van der Waals surface area contributed by atoms with Gasteiger partial charge < -0.3 is 4.55 Å². The van der Waals surface area contributed by atoms with Crippen molar-refractivity contribution in [2.45, 2.75) is 18.2 Å². The fourth-order valence-corrected chi connectivity index (χ4v) is 3.74. The Hall–Kier alpha value is -1.53. The quantitative estimate of drug-likeness (QED) is 0.655. The van der Waals surface area contributed by atoms with Crippen LogP contribution in [-0.2, 0) is 27.2 Å². The molecule has 0 aromatic heterocycles. The SMILES string of the molecule is O=C1[C@H]2[C@H](C[C@@H]2S(=O)O)C(=O)N1Cc1ccccc1. The van der Waals surface area contributed by atoms with Crippen LogP contribution < -0.4 is 0 Å². The van der Waals surface area contributed by atoms with Crippen LogP contribution >= 0.6 is 0 Å². The van der Waals surface area contributed by atoms with Crippen molar-refractivity contribution in [3.05, 3.63) is 35.9 Å². The summed E-state index contributed by atoms with van der Waals surface area (Å²) in [4.78, 5) is 25.5. The molecule has 1 N–H and O–H groups in total. The summed E-state index contributed by atoms with van der Waals surface area (Å²) < 4.78 is 20.2. The number of fused-ring (bicyclic) bond motifs is 1. The van der Waals surface area contributed by atoms with Crippen LogP contribution in [0.5, 0.6) is 0 Å². The van der Waals surface area contributed by atoms with Crippen LogP contribution in [0.15, 0.2) is 30.3 Å². The van der Waals surface area contributed by atoms with Gasteiger partial charge in [0.05, 0.1) is 23.6 Å². The van der Waals surface area contributed by atoms with E-state index in [2.05, 4.69) is 0 Å². The van der Waals surface area contributed by atoms with E-state index in [1.54, 1.807) is 0 Å². The summed E-state index contributed by atoms with van der Waals surface area (Å²) in [6.45, 7) is 0.246. The second-order valence-electron chi connectivity index (χ2n) is 4.93. The summed E-state index contributed by atoms with van der Waals surface area (Å²) >= 11 is -2.03. The standard InChI is InChI=1S/C13H13NO4S/c15-12-9-6-10(19(17)18)11(9)13(16)14(12)7-8-4-2-1-3-5-8/h1-5,9-11H,6-7H2,(H,17,18)/t9-,10-,11-/m0/s1. The van der Waals surface area contributed by atoms with Crippen molar-refractivity contribution in [3.8, 4) is 0 Å². The van der Waals surface area contributed by atoms with Crippen molar-refractivity contribution in [3.63, 3.8) is 0 Å². The Morgan fingerprint density at radius 2 is 1.89 bits per heavy atom. The number of nitrogens with zero attached hydrogens (tertiary/aromatic N) is 1. The minimum Gasteiger partial charge on any atom is -0.306 e. The number of carbonyl (C=O) groups is 2. The molecule has 3 rings (SSSR count). The Kier molecular flexibility index (Phi) is 2.99. The summed E-state index contributed by atoms with van der Waals surface area (Å²) in [5.41, 5.74) is 0.882. The lowest BCUT2D eigenvalue weighted by atomic mass is 9.75. The molecule has 0 bridgehead atoms. The van der Waals surface area contributed by atoms with Crippen molar-refractivity contribution in [2.75, 3.05) is 0 Å². The average Bonchev–Trinajstić information content (AvgIpc) is 2.50. The molecule has 19 heavy (non-hydrogen) atoms. The number of hydrogen-bond acceptors (Lipinski definition) is 3. The van der Waals surface area contributed by atoms with Crippen molar-refractivity contribution in [1.82, 2.24) is 4.90 Å². The van der Waals surface area contributed by atoms with Gasteiger partial charge in [-0.05, 0) is 12.0 Å². The van der Waals surface area contributed by atoms with Crippen LogP contribution in [0.25, 0.3) is 0 Å². The summed E-state index contributed by atoms with van der Waals surface area (Å²) in [6, 6.07) is 9.26. The number of amides is 2. The van der Waals surface area contributed by atoms with Gasteiger partial charge in [0.1, 0.15) is 0 Å². The lowest BCUT2D eigenvalue weighted by molar-refractivity contribution is -0.140. The summed E-state index contributed by atoms with van der Waals surface area (Å²) in [6.07, 6.45) is 0.337. The van der Waals surface area contributed by atoms with Crippen LogP contribution in [-0.4, -0.2) is 30.7 Å². The molecule has 1 aromatic rings. The molecule has 4 atom stereocenters. The Morgan fingerprint density at radius 3 is 2.53 bits per heavy atom. The first-order valence-corrected chi connectivity index (χ1v) is 7.25. The maximum Gasteiger partial charge on any atom is 0.234 e. The number of rotatable bonds is 3. The predicted molar refractivity (Wildman–Crippen MR) is 68.2 cm³/mol. The summed E-state index contributed by atoms with van der Waals surface area (Å²) in [5, 5.41) is -0.581. The van der Waals surface area contributed by atoms with E-state index in [-0.39, 0.29) is 18.4 Å². The lowest BCUT2D eigenvalue weighted by Gasteiger charge is -2.33. The van der Waals surface area contributed by atoms with Gasteiger partial charge in [-0.1, -0.05) is 30.3 Å². The molecule has 1 aliphatic carbocycles. The minimum absolute atomic E-state index is 0.208. The highest BCUT2D eigenvalue weighted by Gasteiger charge is 2.60. The molecule has 1 aliphatic heterocycles. The van der Waals surface area contributed by atoms with Gasteiger partial charge >= 0.3 is 0 Å². The lowest BCUT2D eigenvalue weighted by Crippen LogP contribution is -2.45. The van der Waals surface area contributed by atoms with Gasteiger partial charge in [0.15, 0.2) is 11.1 Å². The zero-order valence-corrected chi connectivity index (χ0v) is 10.9. The van der Waals surface area contributed by atoms with Crippen molar-refractivity contribution < 1.29 is 18.4 Å². The normalized spacial score (nSPS) is 31.0. The average molecular weight is 279 g/mol. The van der Waals surface area contributed by atoms with Gasteiger partial charge in [-0.3, -0.25) is 14.5 Å². The zero-order chi connectivity index (χ0) is 13.6. The first-order valence-electron chi connectivity index (χ1n) is 6.08. The van der Waals surface area contributed by atoms with E-state index in [4.69, 9.17) is 4.55 Å². The topological polar surface area (TPSA) is 74.7 Å². The van der Waals surface area contributed by atoms with Gasteiger partial charge in [0.25, 0.3) is 0 Å². The van der Waals surface area contributed by atoms with Crippen molar-refractivity contribution >= 4 is 22.9 Å². The van der Waals surface area contributed by atoms with E-state index < -0.39 is 28.2 Å². The van der Waals surface area contributed by atoms with Gasteiger partial charge in [-0.2, -0.15) is 0 Å². The molecular weight excluding hydrogens is 266 g/mol. The molecule has 1 saturated heterocycles. The largest absolute Gasteiger partial charge is 0.306 e. The van der Waals surface area contributed by atoms with E-state index in [0.29, 0.717) is 6.42 Å². The third-order valence-corrected chi connectivity index (χ3v) is 4.90. The van der Waals surface area contributed by atoms with Crippen LogP contribution in [0.3, 0.4) is 0 Å².